The number of hydrogen-bond acceptors (Lipinski definition) is 6. The van der Waals surface area contributed by atoms with Gasteiger partial charge in [0, 0.05) is 13.1 Å². The lowest BCUT2D eigenvalue weighted by Gasteiger charge is -2.32. The molecule has 1 aliphatic rings. The molecule has 1 fully saturated rings. The lowest BCUT2D eigenvalue weighted by atomic mass is 10.2. The molecule has 7 nitrogen and oxygen atoms in total. The van der Waals surface area contributed by atoms with Gasteiger partial charge in [0.2, 0.25) is 5.27 Å². The number of nitrogens with two attached hydrogens (primary N) is 1. The third kappa shape index (κ3) is 2.34. The first-order valence-electron chi connectivity index (χ1n) is 6.55. The highest BCUT2D eigenvalue weighted by molar-refractivity contribution is 5.58. The van der Waals surface area contributed by atoms with Crippen LogP contribution in [-0.2, 0) is 0 Å². The highest BCUT2D eigenvalue weighted by Gasteiger charge is 2.26. The molecule has 0 aliphatic carbocycles. The Bertz CT molecular complexity index is 578. The van der Waals surface area contributed by atoms with Gasteiger partial charge >= 0.3 is 0 Å². The van der Waals surface area contributed by atoms with Crippen molar-refractivity contribution in [3.05, 3.63) is 30.5 Å². The van der Waals surface area contributed by atoms with E-state index >= 15 is 0 Å². The monoisotopic (exact) mass is 276 g/mol. The zero-order valence-electron chi connectivity index (χ0n) is 11.4. The van der Waals surface area contributed by atoms with Crippen molar-refractivity contribution < 1.29 is 14.1 Å². The average Bonchev–Trinajstić information content (AvgIpc) is 2.94. The van der Waals surface area contributed by atoms with Gasteiger partial charge in [-0.25, -0.2) is 0 Å². The summed E-state index contributed by atoms with van der Waals surface area (Å²) < 4.78 is 10.3. The van der Waals surface area contributed by atoms with Crippen molar-refractivity contribution in [3.63, 3.8) is 0 Å². The molecular formula is C13H18N5O2+. The number of methoxy groups -OCH3 is 1. The van der Waals surface area contributed by atoms with E-state index in [1.807, 2.05) is 18.2 Å². The van der Waals surface area contributed by atoms with Crippen LogP contribution in [0.15, 0.2) is 35.0 Å². The van der Waals surface area contributed by atoms with Crippen molar-refractivity contribution in [2.45, 2.75) is 0 Å². The fourth-order valence-corrected chi connectivity index (χ4v) is 2.42. The molecule has 0 atom stereocenters. The predicted molar refractivity (Wildman–Crippen MR) is 74.3 cm³/mol. The van der Waals surface area contributed by atoms with Crippen LogP contribution >= 0.6 is 0 Å². The van der Waals surface area contributed by atoms with Gasteiger partial charge in [-0.05, 0) is 12.1 Å². The predicted octanol–water partition coefficient (Wildman–Crippen LogP) is 0.0111. The standard InChI is InChI=1S/C13H18N5O2/c1-19-12-5-3-2-4-11(12)16-6-8-17(9-7-16)18-10-13(14)20-15-18/h2-5,10H,6-9,14H2,1H3/q+1. The van der Waals surface area contributed by atoms with Crippen molar-refractivity contribution in [3.8, 4) is 5.75 Å². The summed E-state index contributed by atoms with van der Waals surface area (Å²) in [6, 6.07) is 8.06. The average molecular weight is 276 g/mol. The van der Waals surface area contributed by atoms with Crippen LogP contribution < -0.4 is 25.2 Å². The van der Waals surface area contributed by atoms with Crippen LogP contribution in [0.25, 0.3) is 0 Å². The number of ether oxygens (including phenoxy) is 1. The summed E-state index contributed by atoms with van der Waals surface area (Å²) in [6.45, 7) is 3.46. The number of nitrogens with zero attached hydrogens (tertiary/aromatic N) is 4. The molecule has 0 spiro atoms. The molecule has 1 saturated heterocycles. The molecule has 0 unspecified atom stereocenters. The smallest absolute Gasteiger partial charge is 0.296 e. The molecule has 1 aromatic carbocycles. The summed E-state index contributed by atoms with van der Waals surface area (Å²) in [5.41, 5.74) is 6.66. The van der Waals surface area contributed by atoms with E-state index in [0.29, 0.717) is 5.88 Å². The van der Waals surface area contributed by atoms with E-state index in [1.54, 1.807) is 18.1 Å². The van der Waals surface area contributed by atoms with Gasteiger partial charge in [-0.15, -0.1) is 5.01 Å². The minimum atomic E-state index is 0.317. The lowest BCUT2D eigenvalue weighted by Crippen LogP contribution is -2.65. The summed E-state index contributed by atoms with van der Waals surface area (Å²) in [4.78, 5) is 3.97. The van der Waals surface area contributed by atoms with Gasteiger partial charge < -0.3 is 15.4 Å². The van der Waals surface area contributed by atoms with Crippen LogP contribution in [0.2, 0.25) is 0 Å². The number of para-hydroxylation sites is 2. The van der Waals surface area contributed by atoms with Gasteiger partial charge in [0.1, 0.15) is 5.75 Å². The van der Waals surface area contributed by atoms with Crippen molar-refractivity contribution in [1.82, 2.24) is 5.27 Å². The van der Waals surface area contributed by atoms with Crippen molar-refractivity contribution >= 4 is 11.6 Å². The fraction of sp³-hybridized carbons (Fsp3) is 0.385. The Hall–Kier alpha value is -2.44. The Morgan fingerprint density at radius 2 is 2.00 bits per heavy atom. The number of hydrogen-bond donors (Lipinski definition) is 1. The molecule has 0 radical (unpaired) electrons. The molecule has 20 heavy (non-hydrogen) atoms. The van der Waals surface area contributed by atoms with E-state index in [-0.39, 0.29) is 0 Å². The largest absolute Gasteiger partial charge is 0.495 e. The fourth-order valence-electron chi connectivity index (χ4n) is 2.42. The van der Waals surface area contributed by atoms with E-state index in [1.165, 1.54) is 0 Å². The Morgan fingerprint density at radius 1 is 1.25 bits per heavy atom. The number of piperazine rings is 1. The van der Waals surface area contributed by atoms with Gasteiger partial charge in [-0.2, -0.15) is 0 Å². The summed E-state index contributed by atoms with van der Waals surface area (Å²) in [5.74, 6) is 1.22. The van der Waals surface area contributed by atoms with Gasteiger partial charge in [0.05, 0.1) is 30.7 Å². The molecule has 7 heteroatoms. The van der Waals surface area contributed by atoms with Crippen molar-refractivity contribution in [1.29, 1.82) is 0 Å². The molecule has 3 rings (SSSR count). The van der Waals surface area contributed by atoms with E-state index in [9.17, 15) is 0 Å². The SMILES string of the molecule is COc1ccccc1N1CCN([n+]2cc(N)on2)CC1. The third-order valence-electron chi connectivity index (χ3n) is 3.44. The number of benzene rings is 1. The van der Waals surface area contributed by atoms with Gasteiger partial charge in [0.25, 0.3) is 12.1 Å². The van der Waals surface area contributed by atoms with Crippen LogP contribution in [0, 0.1) is 0 Å². The van der Waals surface area contributed by atoms with Crippen LogP contribution in [0.4, 0.5) is 11.6 Å². The maximum Gasteiger partial charge on any atom is 0.296 e. The van der Waals surface area contributed by atoms with Gasteiger partial charge in [-0.3, -0.25) is 4.52 Å². The Morgan fingerprint density at radius 3 is 2.65 bits per heavy atom. The topological polar surface area (TPSA) is 71.6 Å². The highest BCUT2D eigenvalue weighted by atomic mass is 16.5. The van der Waals surface area contributed by atoms with E-state index in [2.05, 4.69) is 21.2 Å². The molecule has 1 aromatic heterocycles. The van der Waals surface area contributed by atoms with E-state index in [0.717, 1.165) is 37.6 Å². The molecule has 1 aliphatic heterocycles. The minimum Gasteiger partial charge on any atom is -0.495 e. The van der Waals surface area contributed by atoms with E-state index < -0.39 is 0 Å². The zero-order chi connectivity index (χ0) is 13.9. The molecule has 2 heterocycles. The van der Waals surface area contributed by atoms with Crippen LogP contribution in [0.3, 0.4) is 0 Å². The van der Waals surface area contributed by atoms with Crippen molar-refractivity contribution in [2.24, 2.45) is 0 Å². The normalized spacial score (nSPS) is 15.4. The molecule has 106 valence electrons. The molecule has 0 amide bonds. The van der Waals surface area contributed by atoms with Crippen LogP contribution in [0.1, 0.15) is 0 Å². The second-order valence-corrected chi connectivity index (χ2v) is 4.64. The Kier molecular flexibility index (Phi) is 3.32. The summed E-state index contributed by atoms with van der Waals surface area (Å²) in [5, 5.41) is 5.96. The van der Waals surface area contributed by atoms with E-state index in [4.69, 9.17) is 15.0 Å². The van der Waals surface area contributed by atoms with Crippen molar-refractivity contribution in [2.75, 3.05) is 48.9 Å². The summed E-state index contributed by atoms with van der Waals surface area (Å²) in [7, 11) is 1.70. The molecule has 2 aromatic rings. The number of anilines is 2. The first-order valence-corrected chi connectivity index (χ1v) is 6.55. The number of rotatable bonds is 3. The van der Waals surface area contributed by atoms with Gasteiger partial charge in [-0.1, -0.05) is 12.1 Å². The van der Waals surface area contributed by atoms with Gasteiger partial charge in [0.15, 0.2) is 0 Å². The quantitative estimate of drug-likeness (QED) is 0.796. The Balaban J connectivity index is 1.69. The number of aromatic nitrogens is 2. The molecule has 0 saturated carbocycles. The summed E-state index contributed by atoms with van der Waals surface area (Å²) >= 11 is 0. The minimum absolute atomic E-state index is 0.317. The summed E-state index contributed by atoms with van der Waals surface area (Å²) in [6.07, 6.45) is 1.68. The molecule has 2 N–H and O–H groups in total. The van der Waals surface area contributed by atoms with Crippen LogP contribution in [-0.4, -0.2) is 38.6 Å². The second kappa shape index (κ2) is 5.28. The van der Waals surface area contributed by atoms with Crippen LogP contribution in [0.5, 0.6) is 5.75 Å². The lowest BCUT2D eigenvalue weighted by molar-refractivity contribution is -0.758. The molecule has 0 bridgehead atoms. The Labute approximate surface area is 117 Å². The third-order valence-corrected chi connectivity index (χ3v) is 3.44. The highest BCUT2D eigenvalue weighted by Crippen LogP contribution is 2.27. The maximum atomic E-state index is 5.54. The first-order chi connectivity index (χ1) is 9.78. The zero-order valence-corrected chi connectivity index (χ0v) is 11.4. The molecular weight excluding hydrogens is 258 g/mol. The number of nitrogen functional groups attached to an aromatic ring is 1. The maximum absolute atomic E-state index is 5.54. The first kappa shape index (κ1) is 12.6. The second-order valence-electron chi connectivity index (χ2n) is 4.64.